The van der Waals surface area contributed by atoms with Gasteiger partial charge in [0.1, 0.15) is 15.8 Å². The van der Waals surface area contributed by atoms with Gasteiger partial charge >= 0.3 is 0 Å². The lowest BCUT2D eigenvalue weighted by molar-refractivity contribution is -0.122. The summed E-state index contributed by atoms with van der Waals surface area (Å²) in [6, 6.07) is 15.8. The van der Waals surface area contributed by atoms with Crippen molar-refractivity contribution in [2.24, 2.45) is 0 Å². The Hall–Kier alpha value is -3.34. The van der Waals surface area contributed by atoms with Crippen LogP contribution in [0.4, 0.5) is 5.69 Å². The Morgan fingerprint density at radius 2 is 1.86 bits per heavy atom. The number of nitrogens with zero attached hydrogens (tertiary/aromatic N) is 3. The number of rotatable bonds is 7. The van der Waals surface area contributed by atoms with Gasteiger partial charge in [-0.05, 0) is 61.2 Å². The molecule has 0 aliphatic carbocycles. The highest BCUT2D eigenvalue weighted by atomic mass is 32.2. The van der Waals surface area contributed by atoms with E-state index in [0.717, 1.165) is 21.8 Å². The first-order valence-corrected chi connectivity index (χ1v) is 13.5. The summed E-state index contributed by atoms with van der Waals surface area (Å²) < 4.78 is 33.9. The van der Waals surface area contributed by atoms with Gasteiger partial charge in [-0.1, -0.05) is 25.1 Å². The van der Waals surface area contributed by atoms with Crippen LogP contribution in [0.5, 0.6) is 0 Å². The van der Waals surface area contributed by atoms with Crippen molar-refractivity contribution in [2.75, 3.05) is 4.90 Å². The lowest BCUT2D eigenvalue weighted by atomic mass is 10.2. The number of hydrogen-bond donors (Lipinski definition) is 0. The molecule has 35 heavy (non-hydrogen) atoms. The van der Waals surface area contributed by atoms with Gasteiger partial charge in [0.05, 0.1) is 12.1 Å². The molecule has 1 aliphatic rings. The molecule has 0 spiro atoms. The van der Waals surface area contributed by atoms with E-state index in [1.807, 2.05) is 31.2 Å². The molecule has 1 fully saturated rings. The highest BCUT2D eigenvalue weighted by Gasteiger charge is 2.48. The molecule has 1 saturated heterocycles. The predicted molar refractivity (Wildman–Crippen MR) is 133 cm³/mol. The first-order chi connectivity index (χ1) is 16.8. The molecule has 2 aromatic heterocycles. The number of anilines is 1. The van der Waals surface area contributed by atoms with Gasteiger partial charge in [-0.3, -0.25) is 9.59 Å². The Bertz CT molecular complexity index is 1460. The number of para-hydroxylation sites is 2. The van der Waals surface area contributed by atoms with Crippen LogP contribution in [0.25, 0.3) is 22.6 Å². The second-order valence-corrected chi connectivity index (χ2v) is 11.4. The first kappa shape index (κ1) is 23.4. The zero-order chi connectivity index (χ0) is 24.7. The smallest absolute Gasteiger partial charge is 0.253 e. The van der Waals surface area contributed by atoms with Crippen molar-refractivity contribution in [3.8, 4) is 11.5 Å². The third-order valence-corrected chi connectivity index (χ3v) is 9.54. The molecule has 2 amide bonds. The molecule has 2 atom stereocenters. The van der Waals surface area contributed by atoms with Crippen molar-refractivity contribution in [2.45, 2.75) is 43.0 Å². The normalized spacial score (nSPS) is 17.6. The highest BCUT2D eigenvalue weighted by Crippen LogP contribution is 2.34. The first-order valence-electron chi connectivity index (χ1n) is 11.2. The van der Waals surface area contributed by atoms with E-state index in [0.29, 0.717) is 29.1 Å². The Kier molecular flexibility index (Phi) is 6.04. The van der Waals surface area contributed by atoms with Crippen molar-refractivity contribution < 1.29 is 22.4 Å². The van der Waals surface area contributed by atoms with Gasteiger partial charge in [-0.25, -0.2) is 18.3 Å². The second-order valence-electron chi connectivity index (χ2n) is 8.35. The minimum absolute atomic E-state index is 0.152. The van der Waals surface area contributed by atoms with Crippen LogP contribution in [0.2, 0.25) is 0 Å². The number of fused-ring (bicyclic) bond motifs is 1. The standard InChI is InChI=1S/C25H23N3O5S2/c1-3-16(2)28(35(31,32)23-9-6-14-34-23)20-15-22(29)27(25(20)30)18-12-10-17(11-13-18)24-26-19-7-4-5-8-21(19)33-24/h4-14,16,20H,3,15H2,1-2H3. The van der Waals surface area contributed by atoms with Crippen molar-refractivity contribution in [3.63, 3.8) is 0 Å². The van der Waals surface area contributed by atoms with Gasteiger partial charge in [-0.2, -0.15) is 4.31 Å². The largest absolute Gasteiger partial charge is 0.436 e. The SMILES string of the molecule is CCC(C)N(C1CC(=O)N(c2ccc(-c3nc4ccccc4o3)cc2)C1=O)S(=O)(=O)c1cccs1. The Balaban J connectivity index is 1.44. The van der Waals surface area contributed by atoms with E-state index < -0.39 is 33.9 Å². The molecule has 2 aromatic carbocycles. The molecule has 180 valence electrons. The molecule has 3 heterocycles. The fourth-order valence-corrected chi connectivity index (χ4v) is 7.18. The second kappa shape index (κ2) is 9.03. The molecule has 0 saturated carbocycles. The molecular weight excluding hydrogens is 486 g/mol. The molecule has 1 aliphatic heterocycles. The molecule has 4 aromatic rings. The van der Waals surface area contributed by atoms with Crippen molar-refractivity contribution in [1.82, 2.24) is 9.29 Å². The lowest BCUT2D eigenvalue weighted by Crippen LogP contribution is -2.49. The minimum atomic E-state index is -3.94. The van der Waals surface area contributed by atoms with E-state index >= 15 is 0 Å². The Morgan fingerprint density at radius 1 is 1.11 bits per heavy atom. The van der Waals surface area contributed by atoms with Crippen LogP contribution in [0.3, 0.4) is 0 Å². The maximum Gasteiger partial charge on any atom is 0.253 e. The molecule has 0 bridgehead atoms. The van der Waals surface area contributed by atoms with Crippen molar-refractivity contribution in [3.05, 3.63) is 66.0 Å². The third-order valence-electron chi connectivity index (χ3n) is 6.15. The maximum absolute atomic E-state index is 13.4. The molecule has 0 radical (unpaired) electrons. The number of carbonyl (C=O) groups is 2. The van der Waals surface area contributed by atoms with E-state index in [2.05, 4.69) is 4.98 Å². The maximum atomic E-state index is 13.4. The van der Waals surface area contributed by atoms with Crippen molar-refractivity contribution in [1.29, 1.82) is 0 Å². The van der Waals surface area contributed by atoms with Crippen LogP contribution in [-0.4, -0.2) is 41.6 Å². The van der Waals surface area contributed by atoms with Crippen LogP contribution in [-0.2, 0) is 19.6 Å². The van der Waals surface area contributed by atoms with E-state index in [1.54, 1.807) is 42.6 Å². The fourth-order valence-electron chi connectivity index (χ4n) is 4.24. The third kappa shape index (κ3) is 4.07. The zero-order valence-electron chi connectivity index (χ0n) is 19.1. The highest BCUT2D eigenvalue weighted by molar-refractivity contribution is 7.91. The number of aromatic nitrogens is 1. The van der Waals surface area contributed by atoms with Crippen LogP contribution in [0, 0.1) is 0 Å². The molecule has 2 unspecified atom stereocenters. The molecule has 10 heteroatoms. The van der Waals surface area contributed by atoms with Gasteiger partial charge < -0.3 is 4.42 Å². The quantitative estimate of drug-likeness (QED) is 0.336. The number of sulfonamides is 1. The topological polar surface area (TPSA) is 101 Å². The monoisotopic (exact) mass is 509 g/mol. The molecule has 0 N–H and O–H groups in total. The summed E-state index contributed by atoms with van der Waals surface area (Å²) in [6.07, 6.45) is 0.294. The van der Waals surface area contributed by atoms with E-state index in [1.165, 1.54) is 10.4 Å². The number of amides is 2. The van der Waals surface area contributed by atoms with Gasteiger partial charge in [0.2, 0.25) is 11.8 Å². The van der Waals surface area contributed by atoms with Crippen LogP contribution in [0.1, 0.15) is 26.7 Å². The van der Waals surface area contributed by atoms with Crippen LogP contribution >= 0.6 is 11.3 Å². The summed E-state index contributed by atoms with van der Waals surface area (Å²) in [4.78, 5) is 31.9. The Labute approximate surface area is 206 Å². The van der Waals surface area contributed by atoms with Gasteiger partial charge in [-0.15, -0.1) is 11.3 Å². The van der Waals surface area contributed by atoms with Crippen molar-refractivity contribution >= 4 is 50.0 Å². The van der Waals surface area contributed by atoms with Crippen LogP contribution in [0.15, 0.2) is 74.7 Å². The number of hydrogen-bond acceptors (Lipinski definition) is 7. The number of oxazole rings is 1. The predicted octanol–water partition coefficient (Wildman–Crippen LogP) is 4.68. The number of carbonyl (C=O) groups excluding carboxylic acids is 2. The zero-order valence-corrected chi connectivity index (χ0v) is 20.8. The Morgan fingerprint density at radius 3 is 2.51 bits per heavy atom. The number of thiophene rings is 1. The van der Waals surface area contributed by atoms with E-state index in [-0.39, 0.29) is 10.6 Å². The van der Waals surface area contributed by atoms with Crippen LogP contribution < -0.4 is 4.90 Å². The van der Waals surface area contributed by atoms with E-state index in [4.69, 9.17) is 4.42 Å². The molecule has 5 rings (SSSR count). The van der Waals surface area contributed by atoms with Gasteiger partial charge in [0, 0.05) is 11.6 Å². The summed E-state index contributed by atoms with van der Waals surface area (Å²) in [6.45, 7) is 3.60. The fraction of sp³-hybridized carbons (Fsp3) is 0.240. The van der Waals surface area contributed by atoms with Gasteiger partial charge in [0.15, 0.2) is 5.58 Å². The average molecular weight is 510 g/mol. The summed E-state index contributed by atoms with van der Waals surface area (Å²) in [5, 5.41) is 1.67. The average Bonchev–Trinajstić information content (AvgIpc) is 3.59. The molecular formula is C25H23N3O5S2. The lowest BCUT2D eigenvalue weighted by Gasteiger charge is -2.31. The van der Waals surface area contributed by atoms with E-state index in [9.17, 15) is 18.0 Å². The minimum Gasteiger partial charge on any atom is -0.436 e. The van der Waals surface area contributed by atoms with Gasteiger partial charge in [0.25, 0.3) is 15.9 Å². The summed E-state index contributed by atoms with van der Waals surface area (Å²) in [5.41, 5.74) is 2.47. The molecule has 8 nitrogen and oxygen atoms in total. The summed E-state index contributed by atoms with van der Waals surface area (Å²) >= 11 is 1.09. The number of benzene rings is 2. The summed E-state index contributed by atoms with van der Waals surface area (Å²) in [7, 11) is -3.94. The summed E-state index contributed by atoms with van der Waals surface area (Å²) in [5.74, 6) is -0.561. The number of imide groups is 1.